The fourth-order valence-corrected chi connectivity index (χ4v) is 3.60. The van der Waals surface area contributed by atoms with Gasteiger partial charge in [0.25, 0.3) is 5.91 Å². The van der Waals surface area contributed by atoms with E-state index in [1.54, 1.807) is 12.3 Å². The normalized spacial score (nSPS) is 10.9. The van der Waals surface area contributed by atoms with E-state index in [0.717, 1.165) is 20.6 Å². The summed E-state index contributed by atoms with van der Waals surface area (Å²) in [4.78, 5) is 12.6. The number of benzene rings is 2. The SMILES string of the molecule is CCOc1cc(/C=N\NC(=O)c2ccccc2-n2cccc2)cc(I)c1OCC. The highest BCUT2D eigenvalue weighted by atomic mass is 127. The Morgan fingerprint density at radius 2 is 1.83 bits per heavy atom. The molecule has 0 radical (unpaired) electrons. The van der Waals surface area contributed by atoms with Gasteiger partial charge in [0.15, 0.2) is 11.5 Å². The molecule has 0 fully saturated rings. The minimum atomic E-state index is -0.281. The number of aromatic nitrogens is 1. The standard InChI is InChI=1S/C22H22IN3O3/c1-3-28-20-14-16(13-18(23)21(20)29-4-2)15-24-25-22(27)17-9-5-6-10-19(17)26-11-7-8-12-26/h5-15H,3-4H2,1-2H3,(H,25,27)/b24-15-. The van der Waals surface area contributed by atoms with Gasteiger partial charge in [-0.1, -0.05) is 12.1 Å². The van der Waals surface area contributed by atoms with Gasteiger partial charge in [-0.3, -0.25) is 4.79 Å². The van der Waals surface area contributed by atoms with E-state index in [9.17, 15) is 4.79 Å². The second-order valence-electron chi connectivity index (χ2n) is 6.00. The number of hydrazone groups is 1. The molecule has 7 heteroatoms. The van der Waals surface area contributed by atoms with Crippen molar-refractivity contribution in [1.29, 1.82) is 0 Å². The minimum absolute atomic E-state index is 0.281. The van der Waals surface area contributed by atoms with Gasteiger partial charge in [-0.2, -0.15) is 5.10 Å². The summed E-state index contributed by atoms with van der Waals surface area (Å²) in [5.74, 6) is 1.10. The smallest absolute Gasteiger partial charge is 0.273 e. The molecule has 0 aliphatic carbocycles. The van der Waals surface area contributed by atoms with Crippen LogP contribution in [0.4, 0.5) is 0 Å². The van der Waals surface area contributed by atoms with Gasteiger partial charge >= 0.3 is 0 Å². The van der Waals surface area contributed by atoms with Crippen LogP contribution in [0.2, 0.25) is 0 Å². The topological polar surface area (TPSA) is 64.8 Å². The van der Waals surface area contributed by atoms with E-state index in [4.69, 9.17) is 9.47 Å². The summed E-state index contributed by atoms with van der Waals surface area (Å²) in [6, 6.07) is 15.0. The second kappa shape index (κ2) is 10.1. The van der Waals surface area contributed by atoms with E-state index >= 15 is 0 Å². The molecule has 1 N–H and O–H groups in total. The first-order chi connectivity index (χ1) is 14.1. The maximum Gasteiger partial charge on any atom is 0.273 e. The fraction of sp³-hybridized carbons (Fsp3) is 0.182. The molecule has 150 valence electrons. The van der Waals surface area contributed by atoms with Gasteiger partial charge in [0, 0.05) is 12.4 Å². The molecule has 0 atom stereocenters. The predicted octanol–water partition coefficient (Wildman–Crippen LogP) is 4.64. The van der Waals surface area contributed by atoms with Crippen LogP contribution in [0.5, 0.6) is 11.5 Å². The number of nitrogens with one attached hydrogen (secondary N) is 1. The van der Waals surface area contributed by atoms with Gasteiger partial charge in [0.2, 0.25) is 0 Å². The van der Waals surface area contributed by atoms with Crippen molar-refractivity contribution in [3.05, 3.63) is 75.6 Å². The zero-order chi connectivity index (χ0) is 20.6. The maximum atomic E-state index is 12.6. The summed E-state index contributed by atoms with van der Waals surface area (Å²) in [6.45, 7) is 4.94. The number of hydrogen-bond donors (Lipinski definition) is 1. The summed E-state index contributed by atoms with van der Waals surface area (Å²) in [5, 5.41) is 4.12. The molecular weight excluding hydrogens is 481 g/mol. The molecule has 1 amide bonds. The van der Waals surface area contributed by atoms with Crippen molar-refractivity contribution in [3.63, 3.8) is 0 Å². The molecule has 2 aromatic carbocycles. The highest BCUT2D eigenvalue weighted by Crippen LogP contribution is 2.33. The molecule has 0 saturated carbocycles. The van der Waals surface area contributed by atoms with Crippen molar-refractivity contribution in [2.45, 2.75) is 13.8 Å². The predicted molar refractivity (Wildman–Crippen MR) is 122 cm³/mol. The van der Waals surface area contributed by atoms with Crippen molar-refractivity contribution >= 4 is 34.7 Å². The number of halogens is 1. The minimum Gasteiger partial charge on any atom is -0.490 e. The monoisotopic (exact) mass is 503 g/mol. The second-order valence-corrected chi connectivity index (χ2v) is 7.16. The zero-order valence-corrected chi connectivity index (χ0v) is 18.4. The number of para-hydroxylation sites is 1. The van der Waals surface area contributed by atoms with Crippen LogP contribution in [0.25, 0.3) is 5.69 Å². The van der Waals surface area contributed by atoms with E-state index in [0.29, 0.717) is 24.5 Å². The van der Waals surface area contributed by atoms with Crippen molar-refractivity contribution in [1.82, 2.24) is 9.99 Å². The Morgan fingerprint density at radius 1 is 1.10 bits per heavy atom. The van der Waals surface area contributed by atoms with E-state index in [2.05, 4.69) is 33.1 Å². The molecule has 29 heavy (non-hydrogen) atoms. The van der Waals surface area contributed by atoms with Crippen molar-refractivity contribution < 1.29 is 14.3 Å². The third-order valence-electron chi connectivity index (χ3n) is 4.03. The molecule has 0 aliphatic heterocycles. The quantitative estimate of drug-likeness (QED) is 0.277. The van der Waals surface area contributed by atoms with Gasteiger partial charge in [-0.15, -0.1) is 0 Å². The summed E-state index contributed by atoms with van der Waals surface area (Å²) in [5.41, 5.74) is 4.74. The molecular formula is C22H22IN3O3. The van der Waals surface area contributed by atoms with E-state index in [1.165, 1.54) is 0 Å². The number of carbonyl (C=O) groups excluding carboxylic acids is 1. The van der Waals surface area contributed by atoms with Crippen molar-refractivity contribution in [3.8, 4) is 17.2 Å². The van der Waals surface area contributed by atoms with Gasteiger partial charge in [-0.05, 0) is 78.4 Å². The number of rotatable bonds is 8. The van der Waals surface area contributed by atoms with Crippen LogP contribution >= 0.6 is 22.6 Å². The lowest BCUT2D eigenvalue weighted by atomic mass is 10.1. The lowest BCUT2D eigenvalue weighted by Gasteiger charge is -2.13. The van der Waals surface area contributed by atoms with E-state index in [1.807, 2.05) is 73.3 Å². The summed E-state index contributed by atoms with van der Waals surface area (Å²) >= 11 is 2.20. The van der Waals surface area contributed by atoms with Crippen LogP contribution in [-0.4, -0.2) is 29.9 Å². The van der Waals surface area contributed by atoms with Crippen LogP contribution in [-0.2, 0) is 0 Å². The number of carbonyl (C=O) groups is 1. The Hall–Kier alpha value is -2.81. The van der Waals surface area contributed by atoms with Crippen LogP contribution in [0.3, 0.4) is 0 Å². The van der Waals surface area contributed by atoms with Gasteiger partial charge < -0.3 is 14.0 Å². The largest absolute Gasteiger partial charge is 0.490 e. The van der Waals surface area contributed by atoms with Crippen LogP contribution in [0.1, 0.15) is 29.8 Å². The molecule has 0 unspecified atom stereocenters. The lowest BCUT2D eigenvalue weighted by molar-refractivity contribution is 0.0955. The number of hydrogen-bond acceptors (Lipinski definition) is 4. The van der Waals surface area contributed by atoms with E-state index in [-0.39, 0.29) is 5.91 Å². The van der Waals surface area contributed by atoms with E-state index < -0.39 is 0 Å². The first-order valence-corrected chi connectivity index (χ1v) is 10.4. The molecule has 0 aliphatic rings. The van der Waals surface area contributed by atoms with Crippen LogP contribution in [0, 0.1) is 3.57 Å². The molecule has 3 aromatic rings. The first kappa shape index (κ1) is 20.9. The average molecular weight is 503 g/mol. The summed E-state index contributed by atoms with van der Waals surface area (Å²) < 4.78 is 14.2. The molecule has 3 rings (SSSR count). The molecule has 1 heterocycles. The lowest BCUT2D eigenvalue weighted by Crippen LogP contribution is -2.19. The fourth-order valence-electron chi connectivity index (χ4n) is 2.82. The summed E-state index contributed by atoms with van der Waals surface area (Å²) in [7, 11) is 0. The third kappa shape index (κ3) is 5.17. The average Bonchev–Trinajstić information content (AvgIpc) is 3.25. The maximum absolute atomic E-state index is 12.6. The highest BCUT2D eigenvalue weighted by molar-refractivity contribution is 14.1. The third-order valence-corrected chi connectivity index (χ3v) is 4.83. The number of amides is 1. The highest BCUT2D eigenvalue weighted by Gasteiger charge is 2.12. The number of ether oxygens (including phenoxy) is 2. The Bertz CT molecular complexity index is 1000. The molecule has 1 aromatic heterocycles. The number of nitrogens with zero attached hydrogens (tertiary/aromatic N) is 2. The van der Waals surface area contributed by atoms with Crippen LogP contribution in [0.15, 0.2) is 66.0 Å². The molecule has 0 saturated heterocycles. The van der Waals surface area contributed by atoms with Gasteiger partial charge in [-0.25, -0.2) is 5.43 Å². The Labute approximate surface area is 183 Å². The Morgan fingerprint density at radius 3 is 2.55 bits per heavy atom. The van der Waals surface area contributed by atoms with Gasteiger partial charge in [0.1, 0.15) is 0 Å². The summed E-state index contributed by atoms with van der Waals surface area (Å²) in [6.07, 6.45) is 5.38. The Balaban J connectivity index is 1.78. The van der Waals surface area contributed by atoms with Crippen molar-refractivity contribution in [2.24, 2.45) is 5.10 Å². The molecule has 0 spiro atoms. The first-order valence-electron chi connectivity index (χ1n) is 9.29. The molecule has 6 nitrogen and oxygen atoms in total. The molecule has 0 bridgehead atoms. The van der Waals surface area contributed by atoms with Crippen molar-refractivity contribution in [2.75, 3.05) is 13.2 Å². The van der Waals surface area contributed by atoms with Gasteiger partial charge in [0.05, 0.1) is 34.2 Å². The zero-order valence-electron chi connectivity index (χ0n) is 16.3. The Kier molecular flexibility index (Phi) is 7.29. The van der Waals surface area contributed by atoms with Crippen LogP contribution < -0.4 is 14.9 Å².